The van der Waals surface area contributed by atoms with E-state index in [2.05, 4.69) is 5.32 Å². The third-order valence-corrected chi connectivity index (χ3v) is 1.67. The summed E-state index contributed by atoms with van der Waals surface area (Å²) in [7, 11) is 0. The van der Waals surface area contributed by atoms with Crippen LogP contribution in [0.4, 0.5) is 5.69 Å². The Kier molecular flexibility index (Phi) is 2.15. The molecule has 0 unspecified atom stereocenters. The van der Waals surface area contributed by atoms with Gasteiger partial charge in [0.05, 0.1) is 5.69 Å². The summed E-state index contributed by atoms with van der Waals surface area (Å²) in [4.78, 5) is 10.9. The van der Waals surface area contributed by atoms with Gasteiger partial charge in [0.15, 0.2) is 0 Å². The van der Waals surface area contributed by atoms with E-state index in [4.69, 9.17) is 5.41 Å². The SMILES string of the molecule is Cl.N=C1C(=O)Nc2ccccc21. The standard InChI is InChI=1S/C8H6N2O.ClH/c9-7-5-3-1-2-4-6(5)10-8(7)11;/h1-4H,(H2,9,10,11);1H. The highest BCUT2D eigenvalue weighted by atomic mass is 35.5. The molecule has 1 heterocycles. The van der Waals surface area contributed by atoms with Gasteiger partial charge in [-0.25, -0.2) is 0 Å². The second-order valence-electron chi connectivity index (χ2n) is 2.37. The molecule has 1 aromatic rings. The molecule has 2 rings (SSSR count). The van der Waals surface area contributed by atoms with Crippen LogP contribution in [0, 0.1) is 5.41 Å². The molecule has 0 aliphatic carbocycles. The number of carbonyl (C=O) groups excluding carboxylic acids is 1. The average molecular weight is 183 g/mol. The summed E-state index contributed by atoms with van der Waals surface area (Å²) in [6.45, 7) is 0. The van der Waals surface area contributed by atoms with Gasteiger partial charge >= 0.3 is 0 Å². The Hall–Kier alpha value is -1.35. The number of hydrogen-bond donors (Lipinski definition) is 2. The van der Waals surface area contributed by atoms with Crippen LogP contribution in [-0.2, 0) is 4.79 Å². The number of carbonyl (C=O) groups is 1. The Labute approximate surface area is 75.7 Å². The molecule has 0 aromatic heterocycles. The van der Waals surface area contributed by atoms with Crippen molar-refractivity contribution in [2.75, 3.05) is 5.32 Å². The van der Waals surface area contributed by atoms with Crippen LogP contribution in [0.1, 0.15) is 5.56 Å². The normalized spacial score (nSPS) is 13.3. The first-order valence-electron chi connectivity index (χ1n) is 3.28. The maximum atomic E-state index is 10.9. The highest BCUT2D eigenvalue weighted by Crippen LogP contribution is 2.21. The number of benzene rings is 1. The third kappa shape index (κ3) is 1.08. The second kappa shape index (κ2) is 2.95. The van der Waals surface area contributed by atoms with Gasteiger partial charge in [0.2, 0.25) is 0 Å². The molecule has 0 fully saturated rings. The zero-order valence-corrected chi connectivity index (χ0v) is 6.94. The highest BCUT2D eigenvalue weighted by Gasteiger charge is 2.22. The summed E-state index contributed by atoms with van der Waals surface area (Å²) in [5, 5.41) is 9.91. The molecule has 1 amide bonds. The van der Waals surface area contributed by atoms with Crippen LogP contribution in [0.2, 0.25) is 0 Å². The molecular weight excluding hydrogens is 176 g/mol. The van der Waals surface area contributed by atoms with Gasteiger partial charge in [-0.15, -0.1) is 12.4 Å². The van der Waals surface area contributed by atoms with E-state index in [0.29, 0.717) is 5.56 Å². The van der Waals surface area contributed by atoms with Crippen LogP contribution >= 0.6 is 12.4 Å². The van der Waals surface area contributed by atoms with Crippen molar-refractivity contribution in [3.63, 3.8) is 0 Å². The summed E-state index contributed by atoms with van der Waals surface area (Å²) < 4.78 is 0. The maximum absolute atomic E-state index is 10.9. The van der Waals surface area contributed by atoms with Crippen molar-refractivity contribution >= 4 is 29.7 Å². The van der Waals surface area contributed by atoms with E-state index in [1.54, 1.807) is 12.1 Å². The number of halogens is 1. The second-order valence-corrected chi connectivity index (χ2v) is 2.37. The summed E-state index contributed by atoms with van der Waals surface area (Å²) >= 11 is 0. The van der Waals surface area contributed by atoms with Crippen LogP contribution < -0.4 is 5.32 Å². The van der Waals surface area contributed by atoms with E-state index < -0.39 is 0 Å². The van der Waals surface area contributed by atoms with Crippen LogP contribution in [0.3, 0.4) is 0 Å². The first-order valence-corrected chi connectivity index (χ1v) is 3.28. The van der Waals surface area contributed by atoms with Crippen LogP contribution in [0.5, 0.6) is 0 Å². The minimum absolute atomic E-state index is 0. The Morgan fingerprint density at radius 2 is 1.92 bits per heavy atom. The van der Waals surface area contributed by atoms with E-state index in [1.807, 2.05) is 12.1 Å². The van der Waals surface area contributed by atoms with Crippen molar-refractivity contribution in [1.82, 2.24) is 0 Å². The Bertz CT molecular complexity index is 349. The fraction of sp³-hybridized carbons (Fsp3) is 0. The van der Waals surface area contributed by atoms with Crippen molar-refractivity contribution in [3.05, 3.63) is 29.8 Å². The predicted octanol–water partition coefficient (Wildman–Crippen LogP) is 1.43. The lowest BCUT2D eigenvalue weighted by Crippen LogP contribution is -2.12. The molecule has 1 aliphatic rings. The van der Waals surface area contributed by atoms with Crippen LogP contribution in [0.15, 0.2) is 24.3 Å². The number of nitrogens with one attached hydrogen (secondary N) is 2. The van der Waals surface area contributed by atoms with E-state index in [1.165, 1.54) is 0 Å². The molecule has 2 N–H and O–H groups in total. The molecule has 3 nitrogen and oxygen atoms in total. The molecular formula is C8H7ClN2O. The van der Waals surface area contributed by atoms with E-state index in [0.717, 1.165) is 5.69 Å². The Morgan fingerprint density at radius 1 is 1.25 bits per heavy atom. The highest BCUT2D eigenvalue weighted by molar-refractivity contribution is 6.52. The van der Waals surface area contributed by atoms with Gasteiger partial charge in [0.1, 0.15) is 5.71 Å². The lowest BCUT2D eigenvalue weighted by atomic mass is 10.1. The summed E-state index contributed by atoms with van der Waals surface area (Å²) in [5.41, 5.74) is 1.49. The zero-order chi connectivity index (χ0) is 7.84. The lowest BCUT2D eigenvalue weighted by molar-refractivity contribution is -0.110. The summed E-state index contributed by atoms with van der Waals surface area (Å²) in [6, 6.07) is 7.19. The van der Waals surface area contributed by atoms with Gasteiger partial charge in [-0.2, -0.15) is 0 Å². The number of fused-ring (bicyclic) bond motifs is 1. The minimum Gasteiger partial charge on any atom is -0.320 e. The molecule has 1 aromatic carbocycles. The fourth-order valence-electron chi connectivity index (χ4n) is 1.12. The Balaban J connectivity index is 0.000000720. The number of para-hydroxylation sites is 1. The van der Waals surface area contributed by atoms with Gasteiger partial charge in [0, 0.05) is 5.56 Å². The first-order chi connectivity index (χ1) is 5.29. The van der Waals surface area contributed by atoms with Crippen molar-refractivity contribution in [3.8, 4) is 0 Å². The number of amides is 1. The van der Waals surface area contributed by atoms with Crippen molar-refractivity contribution in [2.24, 2.45) is 0 Å². The molecule has 0 saturated carbocycles. The maximum Gasteiger partial charge on any atom is 0.274 e. The Morgan fingerprint density at radius 3 is 2.58 bits per heavy atom. The van der Waals surface area contributed by atoms with Gasteiger partial charge in [-0.05, 0) is 6.07 Å². The van der Waals surface area contributed by atoms with Crippen LogP contribution in [-0.4, -0.2) is 11.6 Å². The summed E-state index contributed by atoms with van der Waals surface area (Å²) in [6.07, 6.45) is 0. The first kappa shape index (κ1) is 8.74. The molecule has 62 valence electrons. The van der Waals surface area contributed by atoms with Crippen molar-refractivity contribution in [1.29, 1.82) is 5.41 Å². The van der Waals surface area contributed by atoms with Gasteiger partial charge in [-0.3, -0.25) is 10.2 Å². The molecule has 12 heavy (non-hydrogen) atoms. The van der Waals surface area contributed by atoms with Gasteiger partial charge < -0.3 is 5.32 Å². The molecule has 0 bridgehead atoms. The zero-order valence-electron chi connectivity index (χ0n) is 6.13. The fourth-order valence-corrected chi connectivity index (χ4v) is 1.12. The van der Waals surface area contributed by atoms with Crippen molar-refractivity contribution < 1.29 is 4.79 Å². The number of hydrogen-bond acceptors (Lipinski definition) is 2. The predicted molar refractivity (Wildman–Crippen MR) is 49.1 cm³/mol. The quantitative estimate of drug-likeness (QED) is 0.627. The monoisotopic (exact) mass is 182 g/mol. The topological polar surface area (TPSA) is 53.0 Å². The van der Waals surface area contributed by atoms with E-state index in [-0.39, 0.29) is 24.0 Å². The van der Waals surface area contributed by atoms with Crippen molar-refractivity contribution in [2.45, 2.75) is 0 Å². The minimum atomic E-state index is -0.314. The average Bonchev–Trinajstić information content (AvgIpc) is 2.30. The molecule has 1 aliphatic heterocycles. The molecule has 0 saturated heterocycles. The summed E-state index contributed by atoms with van der Waals surface area (Å²) in [5.74, 6) is -0.314. The molecule has 4 heteroatoms. The number of rotatable bonds is 0. The largest absolute Gasteiger partial charge is 0.320 e. The van der Waals surface area contributed by atoms with E-state index in [9.17, 15) is 4.79 Å². The van der Waals surface area contributed by atoms with E-state index >= 15 is 0 Å². The molecule has 0 radical (unpaired) electrons. The smallest absolute Gasteiger partial charge is 0.274 e. The lowest BCUT2D eigenvalue weighted by Gasteiger charge is -1.92. The molecule has 0 spiro atoms. The van der Waals surface area contributed by atoms with Gasteiger partial charge in [0.25, 0.3) is 5.91 Å². The van der Waals surface area contributed by atoms with Gasteiger partial charge in [-0.1, -0.05) is 18.2 Å². The van der Waals surface area contributed by atoms with Crippen LogP contribution in [0.25, 0.3) is 0 Å². The third-order valence-electron chi connectivity index (χ3n) is 1.67. The molecule has 0 atom stereocenters. The number of anilines is 1.